The molecule has 1 aromatic rings. The third kappa shape index (κ3) is 4.09. The van der Waals surface area contributed by atoms with E-state index in [1.165, 1.54) is 6.33 Å². The first-order chi connectivity index (χ1) is 7.24. The predicted molar refractivity (Wildman–Crippen MR) is 53.1 cm³/mol. The van der Waals surface area contributed by atoms with Gasteiger partial charge in [0.2, 0.25) is 0 Å². The number of aromatic amines is 1. The summed E-state index contributed by atoms with van der Waals surface area (Å²) in [5, 5.41) is 0. The molecule has 0 aromatic carbocycles. The molecule has 1 atom stereocenters. The molecule has 0 spiro atoms. The maximum absolute atomic E-state index is 11.3. The Balaban J connectivity index is 2.27. The quantitative estimate of drug-likeness (QED) is 0.489. The fourth-order valence-corrected chi connectivity index (χ4v) is 1.05. The van der Waals surface area contributed by atoms with E-state index in [0.29, 0.717) is 13.0 Å². The number of hydrogen-bond acceptors (Lipinski definition) is 5. The third-order valence-electron chi connectivity index (χ3n) is 1.83. The smallest absolute Gasteiger partial charge is 0.323 e. The number of nitrogens with zero attached hydrogens (tertiary/aromatic N) is 1. The fraction of sp³-hybridized carbons (Fsp3) is 0.556. The highest BCUT2D eigenvalue weighted by molar-refractivity contribution is 5.75. The first-order valence-electron chi connectivity index (χ1n) is 4.62. The van der Waals surface area contributed by atoms with Crippen LogP contribution in [-0.2, 0) is 20.7 Å². The Labute approximate surface area is 87.8 Å². The first kappa shape index (κ1) is 11.7. The van der Waals surface area contributed by atoms with Crippen molar-refractivity contribution in [2.24, 2.45) is 5.73 Å². The standard InChI is InChI=1S/C9H15N3O3/c1-14-2-3-15-9(13)8(10)4-7-5-11-6-12-7/h5-6,8H,2-4,10H2,1H3,(H,11,12)/t8-/m0/s1. The van der Waals surface area contributed by atoms with Crippen molar-refractivity contribution in [3.63, 3.8) is 0 Å². The van der Waals surface area contributed by atoms with Gasteiger partial charge in [0.1, 0.15) is 12.6 Å². The molecule has 0 saturated heterocycles. The van der Waals surface area contributed by atoms with E-state index in [4.69, 9.17) is 15.2 Å². The molecule has 0 aliphatic rings. The average Bonchev–Trinajstić information content (AvgIpc) is 2.70. The Morgan fingerprint density at radius 2 is 2.47 bits per heavy atom. The highest BCUT2D eigenvalue weighted by Gasteiger charge is 2.15. The molecule has 1 rings (SSSR count). The Bertz CT molecular complexity index is 287. The van der Waals surface area contributed by atoms with Gasteiger partial charge in [0.25, 0.3) is 0 Å². The summed E-state index contributed by atoms with van der Waals surface area (Å²) in [6, 6.07) is -0.665. The van der Waals surface area contributed by atoms with Crippen LogP contribution in [0.4, 0.5) is 0 Å². The van der Waals surface area contributed by atoms with Crippen molar-refractivity contribution in [2.45, 2.75) is 12.5 Å². The normalized spacial score (nSPS) is 12.4. The van der Waals surface area contributed by atoms with Gasteiger partial charge in [-0.05, 0) is 0 Å². The van der Waals surface area contributed by atoms with Crippen molar-refractivity contribution in [2.75, 3.05) is 20.3 Å². The lowest BCUT2D eigenvalue weighted by atomic mass is 10.2. The number of esters is 1. The zero-order chi connectivity index (χ0) is 11.1. The summed E-state index contributed by atoms with van der Waals surface area (Å²) in [6.45, 7) is 0.606. The minimum Gasteiger partial charge on any atom is -0.462 e. The number of methoxy groups -OCH3 is 1. The lowest BCUT2D eigenvalue weighted by Gasteiger charge is -2.09. The second-order valence-electron chi connectivity index (χ2n) is 3.05. The van der Waals surface area contributed by atoms with Gasteiger partial charge in [-0.1, -0.05) is 0 Å². The summed E-state index contributed by atoms with van der Waals surface area (Å²) >= 11 is 0. The summed E-state index contributed by atoms with van der Waals surface area (Å²) in [7, 11) is 1.54. The highest BCUT2D eigenvalue weighted by atomic mass is 16.6. The van der Waals surface area contributed by atoms with Gasteiger partial charge in [0.15, 0.2) is 0 Å². The average molecular weight is 213 g/mol. The molecular formula is C9H15N3O3. The van der Waals surface area contributed by atoms with Gasteiger partial charge in [0.05, 0.1) is 12.9 Å². The highest BCUT2D eigenvalue weighted by Crippen LogP contribution is 1.98. The summed E-state index contributed by atoms with van der Waals surface area (Å²) in [6.07, 6.45) is 3.56. The molecule has 3 N–H and O–H groups in total. The van der Waals surface area contributed by atoms with E-state index in [-0.39, 0.29) is 6.61 Å². The largest absolute Gasteiger partial charge is 0.462 e. The molecule has 0 unspecified atom stereocenters. The third-order valence-corrected chi connectivity index (χ3v) is 1.83. The number of rotatable bonds is 6. The molecule has 6 heteroatoms. The maximum atomic E-state index is 11.3. The molecule has 0 amide bonds. The molecule has 0 saturated carbocycles. The molecule has 84 valence electrons. The minimum atomic E-state index is -0.665. The Morgan fingerprint density at radius 3 is 3.07 bits per heavy atom. The van der Waals surface area contributed by atoms with Gasteiger partial charge in [0, 0.05) is 25.4 Å². The van der Waals surface area contributed by atoms with Crippen LogP contribution in [-0.4, -0.2) is 42.3 Å². The first-order valence-corrected chi connectivity index (χ1v) is 4.62. The molecule has 6 nitrogen and oxygen atoms in total. The molecule has 1 heterocycles. The number of ether oxygens (including phenoxy) is 2. The predicted octanol–water partition coefficient (Wildman–Crippen LogP) is -0.531. The van der Waals surface area contributed by atoms with E-state index >= 15 is 0 Å². The van der Waals surface area contributed by atoms with Gasteiger partial charge in [-0.2, -0.15) is 0 Å². The van der Waals surface area contributed by atoms with Crippen molar-refractivity contribution < 1.29 is 14.3 Å². The van der Waals surface area contributed by atoms with Crippen LogP contribution in [0.2, 0.25) is 0 Å². The van der Waals surface area contributed by atoms with Crippen LogP contribution in [0.1, 0.15) is 5.69 Å². The number of nitrogens with two attached hydrogens (primary N) is 1. The summed E-state index contributed by atoms with van der Waals surface area (Å²) < 4.78 is 9.61. The van der Waals surface area contributed by atoms with E-state index in [9.17, 15) is 4.79 Å². The number of carbonyl (C=O) groups is 1. The topological polar surface area (TPSA) is 90.2 Å². The Hall–Kier alpha value is -1.40. The number of H-pyrrole nitrogens is 1. The minimum absolute atomic E-state index is 0.228. The lowest BCUT2D eigenvalue weighted by Crippen LogP contribution is -2.35. The number of imidazole rings is 1. The van der Waals surface area contributed by atoms with E-state index in [2.05, 4.69) is 9.97 Å². The van der Waals surface area contributed by atoms with Crippen molar-refractivity contribution >= 4 is 5.97 Å². The van der Waals surface area contributed by atoms with Crippen molar-refractivity contribution in [3.05, 3.63) is 18.2 Å². The number of aromatic nitrogens is 2. The van der Waals surface area contributed by atoms with Gasteiger partial charge < -0.3 is 20.2 Å². The van der Waals surface area contributed by atoms with Gasteiger partial charge >= 0.3 is 5.97 Å². The number of hydrogen-bond donors (Lipinski definition) is 2. The zero-order valence-electron chi connectivity index (χ0n) is 8.60. The van der Waals surface area contributed by atoms with Crippen LogP contribution in [0.15, 0.2) is 12.5 Å². The van der Waals surface area contributed by atoms with Crippen LogP contribution in [0, 0.1) is 0 Å². The van der Waals surface area contributed by atoms with Crippen molar-refractivity contribution in [3.8, 4) is 0 Å². The van der Waals surface area contributed by atoms with Crippen molar-refractivity contribution in [1.29, 1.82) is 0 Å². The van der Waals surface area contributed by atoms with Gasteiger partial charge in [-0.15, -0.1) is 0 Å². The van der Waals surface area contributed by atoms with E-state index in [0.717, 1.165) is 5.69 Å². The molecule has 0 radical (unpaired) electrons. The summed E-state index contributed by atoms with van der Waals surface area (Å²) in [5.74, 6) is -0.429. The van der Waals surface area contributed by atoms with E-state index < -0.39 is 12.0 Å². The van der Waals surface area contributed by atoms with Crippen molar-refractivity contribution in [1.82, 2.24) is 9.97 Å². The maximum Gasteiger partial charge on any atom is 0.323 e. The van der Waals surface area contributed by atoms with Gasteiger partial charge in [-0.3, -0.25) is 4.79 Å². The van der Waals surface area contributed by atoms with E-state index in [1.807, 2.05) is 0 Å². The van der Waals surface area contributed by atoms with Crippen LogP contribution in [0.25, 0.3) is 0 Å². The molecule has 15 heavy (non-hydrogen) atoms. The molecule has 0 fully saturated rings. The molecule has 1 aromatic heterocycles. The van der Waals surface area contributed by atoms with Crippen LogP contribution in [0.3, 0.4) is 0 Å². The molecule has 0 aliphatic heterocycles. The Morgan fingerprint density at radius 1 is 1.67 bits per heavy atom. The zero-order valence-corrected chi connectivity index (χ0v) is 8.60. The van der Waals surface area contributed by atoms with Gasteiger partial charge in [-0.25, -0.2) is 4.98 Å². The fourth-order valence-electron chi connectivity index (χ4n) is 1.05. The van der Waals surface area contributed by atoms with Crippen LogP contribution < -0.4 is 5.73 Å². The molecule has 0 aliphatic carbocycles. The monoisotopic (exact) mass is 213 g/mol. The summed E-state index contributed by atoms with van der Waals surface area (Å²) in [4.78, 5) is 18.0. The second kappa shape index (κ2) is 6.15. The Kier molecular flexibility index (Phi) is 4.79. The lowest BCUT2D eigenvalue weighted by molar-refractivity contribution is -0.146. The molecule has 0 bridgehead atoms. The number of carbonyl (C=O) groups excluding carboxylic acids is 1. The van der Waals surface area contributed by atoms with E-state index in [1.54, 1.807) is 13.3 Å². The molecular weight excluding hydrogens is 198 g/mol. The number of nitrogens with one attached hydrogen (secondary N) is 1. The van der Waals surface area contributed by atoms with Crippen LogP contribution >= 0.6 is 0 Å². The summed E-state index contributed by atoms with van der Waals surface area (Å²) in [5.41, 5.74) is 6.44. The van der Waals surface area contributed by atoms with Crippen LogP contribution in [0.5, 0.6) is 0 Å². The second-order valence-corrected chi connectivity index (χ2v) is 3.05. The SMILES string of the molecule is COCCOC(=O)[C@@H](N)Cc1cnc[nH]1.